The fourth-order valence-electron chi connectivity index (χ4n) is 4.02. The van der Waals surface area contributed by atoms with Gasteiger partial charge < -0.3 is 4.90 Å². The van der Waals surface area contributed by atoms with Crippen molar-refractivity contribution in [2.45, 2.75) is 66.3 Å². The summed E-state index contributed by atoms with van der Waals surface area (Å²) < 4.78 is 0. The first-order chi connectivity index (χ1) is 7.73. The number of hydrogen-bond acceptors (Lipinski definition) is 1. The Morgan fingerprint density at radius 3 is 2.47 bits per heavy atom. The molecule has 1 aliphatic heterocycles. The number of fused-ring (bicyclic) bond motifs is 2. The van der Waals surface area contributed by atoms with Crippen LogP contribution < -0.4 is 0 Å². The molecule has 1 amide bonds. The molecule has 2 fully saturated rings. The van der Waals surface area contributed by atoms with Crippen LogP contribution in [0.4, 0.5) is 0 Å². The van der Waals surface area contributed by atoms with Crippen LogP contribution in [0.1, 0.15) is 60.3 Å². The van der Waals surface area contributed by atoms with E-state index in [1.165, 1.54) is 12.8 Å². The van der Waals surface area contributed by atoms with Crippen LogP contribution in [-0.4, -0.2) is 23.4 Å². The van der Waals surface area contributed by atoms with Crippen LogP contribution in [0.15, 0.2) is 0 Å². The van der Waals surface area contributed by atoms with Gasteiger partial charge in [0.25, 0.3) is 0 Å². The van der Waals surface area contributed by atoms with E-state index in [0.29, 0.717) is 28.7 Å². The van der Waals surface area contributed by atoms with Crippen molar-refractivity contribution < 1.29 is 4.79 Å². The minimum Gasteiger partial charge on any atom is -0.339 e. The second-order valence-electron chi connectivity index (χ2n) is 7.65. The Morgan fingerprint density at radius 1 is 1.35 bits per heavy atom. The van der Waals surface area contributed by atoms with E-state index in [1.54, 1.807) is 0 Å². The van der Waals surface area contributed by atoms with Gasteiger partial charge in [0, 0.05) is 19.0 Å². The monoisotopic (exact) mass is 237 g/mol. The third-order valence-corrected chi connectivity index (χ3v) is 4.65. The number of rotatable bonds is 3. The zero-order chi connectivity index (χ0) is 12.8. The number of piperidine rings is 1. The van der Waals surface area contributed by atoms with Gasteiger partial charge in [-0.2, -0.15) is 0 Å². The average Bonchev–Trinajstić information content (AvgIpc) is 2.62. The third kappa shape index (κ3) is 2.36. The SMILES string of the molecule is CC(C)CCC(=O)N1C[C@@]2(C)C[C@@H]1C(C)(C)C2. The van der Waals surface area contributed by atoms with E-state index in [0.717, 1.165) is 19.4 Å². The lowest BCUT2D eigenvalue weighted by molar-refractivity contribution is -0.136. The van der Waals surface area contributed by atoms with E-state index in [-0.39, 0.29) is 0 Å². The van der Waals surface area contributed by atoms with Crippen LogP contribution in [0.5, 0.6) is 0 Å². The van der Waals surface area contributed by atoms with Gasteiger partial charge in [-0.1, -0.05) is 34.6 Å². The highest BCUT2D eigenvalue weighted by Gasteiger charge is 2.56. The predicted octanol–water partition coefficient (Wildman–Crippen LogP) is 3.46. The summed E-state index contributed by atoms with van der Waals surface area (Å²) in [6.07, 6.45) is 4.26. The summed E-state index contributed by atoms with van der Waals surface area (Å²) >= 11 is 0. The van der Waals surface area contributed by atoms with E-state index in [1.807, 2.05) is 0 Å². The molecule has 0 aromatic heterocycles. The maximum Gasteiger partial charge on any atom is 0.222 e. The van der Waals surface area contributed by atoms with Gasteiger partial charge in [-0.25, -0.2) is 0 Å². The minimum absolute atomic E-state index is 0.320. The minimum atomic E-state index is 0.320. The Bertz CT molecular complexity index is 318. The summed E-state index contributed by atoms with van der Waals surface area (Å²) in [4.78, 5) is 14.5. The molecule has 0 aromatic carbocycles. The molecule has 17 heavy (non-hydrogen) atoms. The van der Waals surface area contributed by atoms with E-state index < -0.39 is 0 Å². The Balaban J connectivity index is 2.02. The fraction of sp³-hybridized carbons (Fsp3) is 0.933. The number of hydrogen-bond donors (Lipinski definition) is 0. The van der Waals surface area contributed by atoms with Gasteiger partial charge in [-0.3, -0.25) is 4.79 Å². The maximum absolute atomic E-state index is 12.3. The fourth-order valence-corrected chi connectivity index (χ4v) is 4.02. The van der Waals surface area contributed by atoms with Crippen molar-refractivity contribution in [3.63, 3.8) is 0 Å². The zero-order valence-corrected chi connectivity index (χ0v) is 12.0. The molecular formula is C15H27NO. The molecule has 1 saturated heterocycles. The summed E-state index contributed by atoms with van der Waals surface area (Å²) in [6, 6.07) is 0.493. The molecule has 0 spiro atoms. The predicted molar refractivity (Wildman–Crippen MR) is 70.7 cm³/mol. The lowest BCUT2D eigenvalue weighted by Gasteiger charge is -2.41. The van der Waals surface area contributed by atoms with Gasteiger partial charge in [0.05, 0.1) is 0 Å². The molecule has 2 nitrogen and oxygen atoms in total. The Kier molecular flexibility index (Phi) is 3.04. The molecule has 98 valence electrons. The quantitative estimate of drug-likeness (QED) is 0.736. The smallest absolute Gasteiger partial charge is 0.222 e. The third-order valence-electron chi connectivity index (χ3n) is 4.65. The van der Waals surface area contributed by atoms with Crippen LogP contribution in [0.3, 0.4) is 0 Å². The first-order valence-corrected chi connectivity index (χ1v) is 7.03. The molecular weight excluding hydrogens is 210 g/mol. The molecule has 2 rings (SSSR count). The molecule has 0 unspecified atom stereocenters. The standard InChI is InChI=1S/C15H27NO/c1-11(2)6-7-13(17)16-10-15(5)8-12(16)14(3,4)9-15/h11-12H,6-10H2,1-5H3/t12-,15+/m1/s1. The topological polar surface area (TPSA) is 20.3 Å². The molecule has 2 heteroatoms. The second-order valence-corrected chi connectivity index (χ2v) is 7.65. The van der Waals surface area contributed by atoms with Gasteiger partial charge in [0.15, 0.2) is 0 Å². The van der Waals surface area contributed by atoms with Gasteiger partial charge in [-0.15, -0.1) is 0 Å². The highest BCUT2D eigenvalue weighted by atomic mass is 16.2. The van der Waals surface area contributed by atoms with Gasteiger partial charge >= 0.3 is 0 Å². The summed E-state index contributed by atoms with van der Waals surface area (Å²) in [5, 5.41) is 0. The molecule has 2 aliphatic rings. The Hall–Kier alpha value is -0.530. The van der Waals surface area contributed by atoms with Gasteiger partial charge in [0.1, 0.15) is 0 Å². The molecule has 1 saturated carbocycles. The Labute approximate surface area is 106 Å². The van der Waals surface area contributed by atoms with Crippen molar-refractivity contribution in [2.24, 2.45) is 16.7 Å². The van der Waals surface area contributed by atoms with Crippen molar-refractivity contribution in [1.29, 1.82) is 0 Å². The molecule has 0 aromatic rings. The first kappa shape index (κ1) is 12.9. The van der Waals surface area contributed by atoms with E-state index in [9.17, 15) is 4.79 Å². The van der Waals surface area contributed by atoms with Gasteiger partial charge in [-0.05, 0) is 36.0 Å². The average molecular weight is 237 g/mol. The summed E-state index contributed by atoms with van der Waals surface area (Å²) in [7, 11) is 0. The van der Waals surface area contributed by atoms with Crippen LogP contribution in [0.2, 0.25) is 0 Å². The van der Waals surface area contributed by atoms with Crippen LogP contribution in [0.25, 0.3) is 0 Å². The van der Waals surface area contributed by atoms with Crippen molar-refractivity contribution in [1.82, 2.24) is 4.90 Å². The Morgan fingerprint density at radius 2 is 2.00 bits per heavy atom. The molecule has 0 N–H and O–H groups in total. The molecule has 0 radical (unpaired) electrons. The summed E-state index contributed by atoms with van der Waals surface area (Å²) in [5.74, 6) is 1.02. The zero-order valence-electron chi connectivity index (χ0n) is 12.0. The highest BCUT2D eigenvalue weighted by Crippen LogP contribution is 2.56. The van der Waals surface area contributed by atoms with Crippen molar-refractivity contribution >= 4 is 5.91 Å². The number of amides is 1. The first-order valence-electron chi connectivity index (χ1n) is 7.03. The van der Waals surface area contributed by atoms with Crippen LogP contribution >= 0.6 is 0 Å². The van der Waals surface area contributed by atoms with Crippen molar-refractivity contribution in [3.05, 3.63) is 0 Å². The van der Waals surface area contributed by atoms with E-state index in [4.69, 9.17) is 0 Å². The number of nitrogens with zero attached hydrogens (tertiary/aromatic N) is 1. The number of carbonyl (C=O) groups excluding carboxylic acids is 1. The second kappa shape index (κ2) is 4.00. The van der Waals surface area contributed by atoms with Crippen LogP contribution in [0, 0.1) is 16.7 Å². The van der Waals surface area contributed by atoms with Crippen LogP contribution in [-0.2, 0) is 4.79 Å². The number of likely N-dealkylation sites (tertiary alicyclic amines) is 1. The molecule has 1 heterocycles. The molecule has 2 atom stereocenters. The molecule has 2 bridgehead atoms. The van der Waals surface area contributed by atoms with Crippen molar-refractivity contribution in [2.75, 3.05) is 6.54 Å². The number of carbonyl (C=O) groups is 1. The summed E-state index contributed by atoms with van der Waals surface area (Å²) in [5.41, 5.74) is 0.710. The lowest BCUT2D eigenvalue weighted by Crippen LogP contribution is -2.47. The van der Waals surface area contributed by atoms with E-state index in [2.05, 4.69) is 39.5 Å². The van der Waals surface area contributed by atoms with Crippen molar-refractivity contribution in [3.8, 4) is 0 Å². The lowest BCUT2D eigenvalue weighted by atomic mass is 9.79. The maximum atomic E-state index is 12.3. The van der Waals surface area contributed by atoms with Gasteiger partial charge in [0.2, 0.25) is 5.91 Å². The summed E-state index contributed by atoms with van der Waals surface area (Å²) in [6.45, 7) is 12.4. The highest BCUT2D eigenvalue weighted by molar-refractivity contribution is 5.77. The largest absolute Gasteiger partial charge is 0.339 e. The van der Waals surface area contributed by atoms with E-state index >= 15 is 0 Å². The molecule has 1 aliphatic carbocycles. The normalized spacial score (nSPS) is 34.7.